The predicted octanol–water partition coefficient (Wildman–Crippen LogP) is 2.40. The van der Waals surface area contributed by atoms with Gasteiger partial charge in [0.2, 0.25) is 0 Å². The molecule has 2 aliphatic heterocycles. The number of benzene rings is 1. The number of phenols is 1. The summed E-state index contributed by atoms with van der Waals surface area (Å²) in [5.41, 5.74) is 1.97. The summed E-state index contributed by atoms with van der Waals surface area (Å²) >= 11 is 0. The van der Waals surface area contributed by atoms with Crippen LogP contribution in [0, 0.1) is 12.8 Å². The zero-order valence-corrected chi connectivity index (χ0v) is 13.4. The first kappa shape index (κ1) is 14.1. The quantitative estimate of drug-likeness (QED) is 0.799. The Labute approximate surface area is 131 Å². The van der Waals surface area contributed by atoms with Gasteiger partial charge in [-0.2, -0.15) is 0 Å². The molecular weight excluding hydrogens is 278 g/mol. The summed E-state index contributed by atoms with van der Waals surface area (Å²) in [5, 5.41) is 10.2. The Morgan fingerprint density at radius 1 is 1.41 bits per heavy atom. The molecule has 118 valence electrons. The van der Waals surface area contributed by atoms with Crippen LogP contribution in [-0.2, 0) is 10.2 Å². The molecule has 0 amide bonds. The fraction of sp³-hybridized carbons (Fsp3) is 0.611. The van der Waals surface area contributed by atoms with Crippen LogP contribution >= 0.6 is 0 Å². The Morgan fingerprint density at radius 2 is 2.18 bits per heavy atom. The van der Waals surface area contributed by atoms with Crippen molar-refractivity contribution in [2.24, 2.45) is 5.92 Å². The van der Waals surface area contributed by atoms with Gasteiger partial charge < -0.3 is 14.7 Å². The Morgan fingerprint density at radius 3 is 2.95 bits per heavy atom. The van der Waals surface area contributed by atoms with Crippen molar-refractivity contribution in [1.82, 2.24) is 4.90 Å². The lowest BCUT2D eigenvalue weighted by atomic mass is 9.55. The molecule has 4 nitrogen and oxygen atoms in total. The number of likely N-dealkylation sites (tertiary alicyclic amines) is 1. The van der Waals surface area contributed by atoms with Crippen LogP contribution in [0.5, 0.6) is 11.5 Å². The first-order chi connectivity index (χ1) is 10.5. The van der Waals surface area contributed by atoms with Gasteiger partial charge >= 0.3 is 0 Å². The maximum atomic E-state index is 12.6. The molecule has 0 aromatic heterocycles. The number of carbonyl (C=O) groups is 1. The molecule has 4 atom stereocenters. The van der Waals surface area contributed by atoms with Crippen molar-refractivity contribution < 1.29 is 14.6 Å². The van der Waals surface area contributed by atoms with E-state index in [9.17, 15) is 9.90 Å². The number of hydrogen-bond donors (Lipinski definition) is 1. The minimum Gasteiger partial charge on any atom is -0.504 e. The molecule has 1 N–H and O–H groups in total. The van der Waals surface area contributed by atoms with E-state index in [2.05, 4.69) is 25.8 Å². The van der Waals surface area contributed by atoms with E-state index in [-0.39, 0.29) is 16.9 Å². The normalized spacial score (nSPS) is 37.2. The van der Waals surface area contributed by atoms with Gasteiger partial charge in [0.15, 0.2) is 23.4 Å². The molecule has 3 aliphatic rings. The van der Waals surface area contributed by atoms with Gasteiger partial charge in [0.05, 0.1) is 0 Å². The van der Waals surface area contributed by atoms with Crippen molar-refractivity contribution >= 4 is 5.78 Å². The summed E-state index contributed by atoms with van der Waals surface area (Å²) < 4.78 is 6.06. The lowest BCUT2D eigenvalue weighted by molar-refractivity contribution is -0.137. The molecular formula is C18H23NO3. The summed E-state index contributed by atoms with van der Waals surface area (Å²) in [7, 11) is 2.16. The predicted molar refractivity (Wildman–Crippen MR) is 83.4 cm³/mol. The molecule has 4 rings (SSSR count). The number of phenolic OH excluding ortho intramolecular Hbond substituents is 1. The number of aryl methyl sites for hydroxylation is 1. The lowest BCUT2D eigenvalue weighted by Gasteiger charge is -2.53. The highest BCUT2D eigenvalue weighted by Gasteiger charge is 2.62. The number of piperidine rings is 1. The zero-order chi connectivity index (χ0) is 15.6. The molecule has 1 spiro atoms. The molecule has 1 aliphatic carbocycles. The first-order valence-electron chi connectivity index (χ1n) is 8.19. The second-order valence-corrected chi connectivity index (χ2v) is 7.23. The van der Waals surface area contributed by atoms with Crippen molar-refractivity contribution in [2.45, 2.75) is 50.7 Å². The molecule has 0 radical (unpaired) electrons. The van der Waals surface area contributed by atoms with Crippen molar-refractivity contribution in [3.63, 3.8) is 0 Å². The first-order valence-corrected chi connectivity index (χ1v) is 8.19. The summed E-state index contributed by atoms with van der Waals surface area (Å²) in [4.78, 5) is 15.0. The minimum atomic E-state index is -0.413. The molecule has 1 aromatic carbocycles. The smallest absolute Gasteiger partial charge is 0.174 e. The monoisotopic (exact) mass is 301 g/mol. The van der Waals surface area contributed by atoms with Crippen LogP contribution in [-0.4, -0.2) is 41.5 Å². The highest BCUT2D eigenvalue weighted by atomic mass is 16.5. The van der Waals surface area contributed by atoms with Crippen molar-refractivity contribution in [3.8, 4) is 11.5 Å². The number of rotatable bonds is 0. The number of Topliss-reactive ketones (excluding diaryl/α,β-unsaturated/α-hetero) is 1. The number of nitrogens with zero attached hydrogens (tertiary/aromatic N) is 1. The van der Waals surface area contributed by atoms with E-state index in [4.69, 9.17) is 4.74 Å². The average Bonchev–Trinajstić information content (AvgIpc) is 2.85. The molecule has 1 aromatic rings. The van der Waals surface area contributed by atoms with Gasteiger partial charge in [-0.25, -0.2) is 0 Å². The third-order valence-electron chi connectivity index (χ3n) is 6.33. The topological polar surface area (TPSA) is 49.8 Å². The van der Waals surface area contributed by atoms with Gasteiger partial charge in [-0.3, -0.25) is 4.79 Å². The van der Waals surface area contributed by atoms with Crippen molar-refractivity contribution in [1.29, 1.82) is 0 Å². The van der Waals surface area contributed by atoms with Crippen LogP contribution in [0.25, 0.3) is 0 Å². The molecule has 2 heterocycles. The van der Waals surface area contributed by atoms with Crippen LogP contribution in [0.1, 0.15) is 37.3 Å². The van der Waals surface area contributed by atoms with E-state index in [0.717, 1.165) is 30.5 Å². The molecule has 1 unspecified atom stereocenters. The summed E-state index contributed by atoms with van der Waals surface area (Å²) in [5.74, 6) is 1.32. The van der Waals surface area contributed by atoms with E-state index in [1.807, 2.05) is 6.07 Å². The summed E-state index contributed by atoms with van der Waals surface area (Å²) in [6.45, 7) is 5.28. The minimum absolute atomic E-state index is 0.169. The standard InChI is InChI=1S/C18H23NO3/c1-10-4-6-13(20)16-15(10)18-8-9-19(3)11(2)12(18)5-7-14(21)17(18)22-16/h4,6,11-12,17,20H,5,7-9H2,1-3H3/t11-,12?,17+,18+/m0/s1. The van der Waals surface area contributed by atoms with Crippen LogP contribution in [0.2, 0.25) is 0 Å². The Hall–Kier alpha value is -1.55. The number of ether oxygens (including phenoxy) is 1. The Kier molecular flexibility index (Phi) is 2.86. The van der Waals surface area contributed by atoms with Gasteiger partial charge in [-0.15, -0.1) is 0 Å². The molecule has 1 saturated heterocycles. The van der Waals surface area contributed by atoms with E-state index in [1.54, 1.807) is 6.07 Å². The van der Waals surface area contributed by atoms with Crippen LogP contribution in [0.3, 0.4) is 0 Å². The highest BCUT2D eigenvalue weighted by molar-refractivity contribution is 5.88. The van der Waals surface area contributed by atoms with Gasteiger partial charge in [0.25, 0.3) is 0 Å². The van der Waals surface area contributed by atoms with E-state index in [0.29, 0.717) is 24.1 Å². The van der Waals surface area contributed by atoms with E-state index < -0.39 is 6.10 Å². The van der Waals surface area contributed by atoms with E-state index in [1.165, 1.54) is 0 Å². The number of aromatic hydroxyl groups is 1. The second-order valence-electron chi connectivity index (χ2n) is 7.23. The van der Waals surface area contributed by atoms with Gasteiger partial charge in [-0.1, -0.05) is 6.07 Å². The second kappa shape index (κ2) is 4.48. The number of carbonyl (C=O) groups excluding carboxylic acids is 1. The van der Waals surface area contributed by atoms with Gasteiger partial charge in [-0.05, 0) is 57.8 Å². The molecule has 1 saturated carbocycles. The SMILES string of the molecule is Cc1ccc(O)c2c1[C@@]13CCN(C)[C@@H](C)C1CCC(=O)[C@H]3O2. The fourth-order valence-corrected chi connectivity index (χ4v) is 5.13. The van der Waals surface area contributed by atoms with Crippen molar-refractivity contribution in [3.05, 3.63) is 23.3 Å². The van der Waals surface area contributed by atoms with Crippen LogP contribution in [0.15, 0.2) is 12.1 Å². The third-order valence-corrected chi connectivity index (χ3v) is 6.33. The summed E-state index contributed by atoms with van der Waals surface area (Å²) in [6, 6.07) is 4.05. The van der Waals surface area contributed by atoms with Crippen LogP contribution < -0.4 is 4.74 Å². The third kappa shape index (κ3) is 1.54. The number of hydrogen-bond acceptors (Lipinski definition) is 4. The molecule has 0 bridgehead atoms. The lowest BCUT2D eigenvalue weighted by Crippen LogP contribution is -2.62. The highest BCUT2D eigenvalue weighted by Crippen LogP contribution is 2.59. The average molecular weight is 301 g/mol. The van der Waals surface area contributed by atoms with Crippen molar-refractivity contribution in [2.75, 3.05) is 13.6 Å². The molecule has 2 fully saturated rings. The maximum absolute atomic E-state index is 12.6. The van der Waals surface area contributed by atoms with Gasteiger partial charge in [0.1, 0.15) is 0 Å². The van der Waals surface area contributed by atoms with Crippen LogP contribution in [0.4, 0.5) is 0 Å². The Balaban J connectivity index is 1.96. The molecule has 22 heavy (non-hydrogen) atoms. The number of ketones is 1. The van der Waals surface area contributed by atoms with Gasteiger partial charge in [0, 0.05) is 23.4 Å². The summed E-state index contributed by atoms with van der Waals surface area (Å²) in [6.07, 6.45) is 2.01. The zero-order valence-electron chi connectivity index (χ0n) is 13.4. The largest absolute Gasteiger partial charge is 0.504 e. The maximum Gasteiger partial charge on any atom is 0.174 e. The number of fused-ring (bicyclic) bond motifs is 1. The molecule has 4 heteroatoms. The fourth-order valence-electron chi connectivity index (χ4n) is 5.13. The Bertz CT molecular complexity index is 656. The van der Waals surface area contributed by atoms with E-state index >= 15 is 0 Å².